The van der Waals surface area contributed by atoms with E-state index in [0.717, 1.165) is 12.6 Å². The van der Waals surface area contributed by atoms with E-state index in [4.69, 9.17) is 5.73 Å². The summed E-state index contributed by atoms with van der Waals surface area (Å²) in [6.07, 6.45) is 5.31. The van der Waals surface area contributed by atoms with Gasteiger partial charge in [0.25, 0.3) is 0 Å². The Morgan fingerprint density at radius 3 is 2.53 bits per heavy atom. The summed E-state index contributed by atoms with van der Waals surface area (Å²) in [4.78, 5) is 0. The standard InChI is InChI=1S/C13H20N2/c1-9-7-12(13(8-14)5-6-13)10(2)15(9)11-3-4-11/h7,11H,3-6,8,14H2,1-2H3. The van der Waals surface area contributed by atoms with Gasteiger partial charge in [-0.2, -0.15) is 0 Å². The van der Waals surface area contributed by atoms with Crippen molar-refractivity contribution < 1.29 is 0 Å². The fourth-order valence-corrected chi connectivity index (χ4v) is 2.94. The van der Waals surface area contributed by atoms with Crippen LogP contribution in [-0.2, 0) is 5.41 Å². The maximum atomic E-state index is 5.91. The van der Waals surface area contributed by atoms with Gasteiger partial charge in [0.05, 0.1) is 0 Å². The van der Waals surface area contributed by atoms with Crippen LogP contribution in [0.4, 0.5) is 0 Å². The molecule has 2 N–H and O–H groups in total. The molecule has 0 radical (unpaired) electrons. The predicted molar refractivity (Wildman–Crippen MR) is 62.1 cm³/mol. The van der Waals surface area contributed by atoms with Crippen molar-refractivity contribution >= 4 is 0 Å². The Kier molecular flexibility index (Phi) is 1.82. The normalized spacial score (nSPS) is 23.1. The highest BCUT2D eigenvalue weighted by Crippen LogP contribution is 2.50. The summed E-state index contributed by atoms with van der Waals surface area (Å²) in [6.45, 7) is 5.33. The molecule has 0 amide bonds. The molecule has 2 aliphatic rings. The highest BCUT2D eigenvalue weighted by molar-refractivity contribution is 5.39. The van der Waals surface area contributed by atoms with Crippen LogP contribution in [0.1, 0.15) is 48.7 Å². The molecule has 0 aromatic carbocycles. The summed E-state index contributed by atoms with van der Waals surface area (Å²) in [5.41, 5.74) is 10.7. The molecule has 0 spiro atoms. The zero-order valence-corrected chi connectivity index (χ0v) is 9.71. The molecular formula is C13H20N2. The molecule has 2 fully saturated rings. The number of nitrogens with zero attached hydrogens (tertiary/aromatic N) is 1. The van der Waals surface area contributed by atoms with Crippen molar-refractivity contribution in [3.05, 3.63) is 23.0 Å². The third-order valence-electron chi connectivity index (χ3n) is 4.21. The maximum absolute atomic E-state index is 5.91. The van der Waals surface area contributed by atoms with Gasteiger partial charge >= 0.3 is 0 Å². The van der Waals surface area contributed by atoms with Crippen LogP contribution in [-0.4, -0.2) is 11.1 Å². The molecule has 3 rings (SSSR count). The topological polar surface area (TPSA) is 30.9 Å². The van der Waals surface area contributed by atoms with E-state index in [1.54, 1.807) is 0 Å². The van der Waals surface area contributed by atoms with E-state index in [2.05, 4.69) is 24.5 Å². The maximum Gasteiger partial charge on any atom is 0.0337 e. The van der Waals surface area contributed by atoms with E-state index in [9.17, 15) is 0 Å². The lowest BCUT2D eigenvalue weighted by atomic mass is 9.96. The minimum atomic E-state index is 0.356. The monoisotopic (exact) mass is 204 g/mol. The summed E-state index contributed by atoms with van der Waals surface area (Å²) in [7, 11) is 0. The van der Waals surface area contributed by atoms with Crippen LogP contribution in [0.2, 0.25) is 0 Å². The molecule has 0 bridgehead atoms. The SMILES string of the molecule is Cc1cc(C2(CN)CC2)c(C)n1C1CC1. The summed E-state index contributed by atoms with van der Waals surface area (Å²) in [5, 5.41) is 0. The molecule has 0 saturated heterocycles. The quantitative estimate of drug-likeness (QED) is 0.805. The summed E-state index contributed by atoms with van der Waals surface area (Å²) >= 11 is 0. The Balaban J connectivity index is 2.05. The van der Waals surface area contributed by atoms with Crippen molar-refractivity contribution in [3.8, 4) is 0 Å². The molecule has 82 valence electrons. The third kappa shape index (κ3) is 1.27. The molecule has 2 aliphatic carbocycles. The van der Waals surface area contributed by atoms with Gasteiger partial charge in [0, 0.05) is 29.4 Å². The second-order valence-electron chi connectivity index (χ2n) is 5.37. The highest BCUT2D eigenvalue weighted by Gasteiger charge is 2.45. The molecule has 2 nitrogen and oxygen atoms in total. The van der Waals surface area contributed by atoms with Crippen molar-refractivity contribution in [3.63, 3.8) is 0 Å². The smallest absolute Gasteiger partial charge is 0.0337 e. The Morgan fingerprint density at radius 2 is 2.07 bits per heavy atom. The Morgan fingerprint density at radius 1 is 1.40 bits per heavy atom. The lowest BCUT2D eigenvalue weighted by Crippen LogP contribution is -2.20. The van der Waals surface area contributed by atoms with E-state index < -0.39 is 0 Å². The van der Waals surface area contributed by atoms with Gasteiger partial charge in [0.2, 0.25) is 0 Å². The fraction of sp³-hybridized carbons (Fsp3) is 0.692. The average Bonchev–Trinajstić information content (AvgIpc) is 3.10. The molecule has 15 heavy (non-hydrogen) atoms. The summed E-state index contributed by atoms with van der Waals surface area (Å²) in [5.74, 6) is 0. The van der Waals surface area contributed by atoms with Gasteiger partial charge in [0.15, 0.2) is 0 Å². The van der Waals surface area contributed by atoms with Crippen LogP contribution >= 0.6 is 0 Å². The van der Waals surface area contributed by atoms with Crippen molar-refractivity contribution in [1.29, 1.82) is 0 Å². The van der Waals surface area contributed by atoms with Crippen LogP contribution in [0.15, 0.2) is 6.07 Å². The molecule has 1 aromatic rings. The van der Waals surface area contributed by atoms with Crippen LogP contribution in [0.5, 0.6) is 0 Å². The molecule has 2 saturated carbocycles. The molecule has 0 atom stereocenters. The van der Waals surface area contributed by atoms with Gasteiger partial charge in [-0.3, -0.25) is 0 Å². The molecule has 0 aliphatic heterocycles. The van der Waals surface area contributed by atoms with Crippen LogP contribution in [0.25, 0.3) is 0 Å². The van der Waals surface area contributed by atoms with Crippen molar-refractivity contribution in [2.75, 3.05) is 6.54 Å². The number of hydrogen-bond donors (Lipinski definition) is 1. The minimum absolute atomic E-state index is 0.356. The molecule has 2 heteroatoms. The minimum Gasteiger partial charge on any atom is -0.346 e. The zero-order valence-electron chi connectivity index (χ0n) is 9.71. The van der Waals surface area contributed by atoms with E-state index in [-0.39, 0.29) is 0 Å². The first-order chi connectivity index (χ1) is 7.18. The Bertz CT molecular complexity index is 395. The summed E-state index contributed by atoms with van der Waals surface area (Å²) in [6, 6.07) is 3.18. The van der Waals surface area contributed by atoms with Crippen molar-refractivity contribution in [2.45, 2.75) is 51.0 Å². The lowest BCUT2D eigenvalue weighted by molar-refractivity contribution is 0.664. The zero-order chi connectivity index (χ0) is 10.6. The van der Waals surface area contributed by atoms with Crippen LogP contribution in [0, 0.1) is 13.8 Å². The van der Waals surface area contributed by atoms with Crippen LogP contribution in [0.3, 0.4) is 0 Å². The van der Waals surface area contributed by atoms with Gasteiger partial charge < -0.3 is 10.3 Å². The molecule has 0 unspecified atom stereocenters. The van der Waals surface area contributed by atoms with E-state index in [0.29, 0.717) is 5.41 Å². The number of hydrogen-bond acceptors (Lipinski definition) is 1. The first-order valence-electron chi connectivity index (χ1n) is 6.07. The van der Waals surface area contributed by atoms with Crippen LogP contribution < -0.4 is 5.73 Å². The predicted octanol–water partition coefficient (Wildman–Crippen LogP) is 2.43. The fourth-order valence-electron chi connectivity index (χ4n) is 2.94. The van der Waals surface area contributed by atoms with Crippen molar-refractivity contribution in [2.24, 2.45) is 5.73 Å². The Hall–Kier alpha value is -0.760. The number of aromatic nitrogens is 1. The second kappa shape index (κ2) is 2.88. The second-order valence-corrected chi connectivity index (χ2v) is 5.37. The molecule has 1 heterocycles. The lowest BCUT2D eigenvalue weighted by Gasteiger charge is -2.13. The highest BCUT2D eigenvalue weighted by atomic mass is 15.1. The first-order valence-corrected chi connectivity index (χ1v) is 6.07. The molecule has 1 aromatic heterocycles. The molecular weight excluding hydrogens is 184 g/mol. The third-order valence-corrected chi connectivity index (χ3v) is 4.21. The van der Waals surface area contributed by atoms with Gasteiger partial charge in [-0.25, -0.2) is 0 Å². The van der Waals surface area contributed by atoms with E-state index in [1.807, 2.05) is 0 Å². The van der Waals surface area contributed by atoms with E-state index in [1.165, 1.54) is 42.6 Å². The first kappa shape index (κ1) is 9.46. The van der Waals surface area contributed by atoms with Crippen molar-refractivity contribution in [1.82, 2.24) is 4.57 Å². The van der Waals surface area contributed by atoms with E-state index >= 15 is 0 Å². The summed E-state index contributed by atoms with van der Waals surface area (Å²) < 4.78 is 2.53. The largest absolute Gasteiger partial charge is 0.346 e. The number of rotatable bonds is 3. The Labute approximate surface area is 91.5 Å². The number of nitrogens with two attached hydrogens (primary N) is 1. The van der Waals surface area contributed by atoms with Gasteiger partial charge in [-0.1, -0.05) is 0 Å². The number of aryl methyl sites for hydroxylation is 1. The van der Waals surface area contributed by atoms with Gasteiger partial charge in [-0.05, 0) is 51.2 Å². The van der Waals surface area contributed by atoms with Gasteiger partial charge in [0.1, 0.15) is 0 Å². The average molecular weight is 204 g/mol. The van der Waals surface area contributed by atoms with Gasteiger partial charge in [-0.15, -0.1) is 0 Å².